The van der Waals surface area contributed by atoms with Gasteiger partial charge in [-0.25, -0.2) is 5.01 Å². The fraction of sp³-hybridized carbons (Fsp3) is 0.533. The summed E-state index contributed by atoms with van der Waals surface area (Å²) in [6.07, 6.45) is 3.76. The minimum atomic E-state index is 0.528. The Hall–Kier alpha value is -1.13. The lowest BCUT2D eigenvalue weighted by molar-refractivity contribution is 0.0750. The highest BCUT2D eigenvalue weighted by Gasteiger charge is 2.25. The van der Waals surface area contributed by atoms with Gasteiger partial charge in [0, 0.05) is 17.8 Å². The zero-order valence-electron chi connectivity index (χ0n) is 11.9. The second-order valence-corrected chi connectivity index (χ2v) is 5.83. The molecule has 1 heterocycles. The molecule has 1 aliphatic rings. The Bertz CT molecular complexity index is 437. The molecule has 0 aliphatic carbocycles. The van der Waals surface area contributed by atoms with Crippen LogP contribution in [-0.2, 0) is 0 Å². The minimum absolute atomic E-state index is 0.528. The Labute approximate surface area is 121 Å². The molecule has 2 atom stereocenters. The number of para-hydroxylation sites is 1. The monoisotopic (exact) mass is 277 g/mol. The molecule has 0 unspecified atom stereocenters. The fourth-order valence-corrected chi connectivity index (χ4v) is 2.84. The normalized spacial score (nSPS) is 23.9. The lowest BCUT2D eigenvalue weighted by atomic mass is 10.00. The van der Waals surface area contributed by atoms with Crippen molar-refractivity contribution in [3.05, 3.63) is 29.8 Å². The summed E-state index contributed by atoms with van der Waals surface area (Å²) in [6.45, 7) is 6.58. The predicted octanol–water partition coefficient (Wildman–Crippen LogP) is 3.46. The molecule has 2 rings (SSSR count). The number of benzene rings is 1. The molecule has 1 aliphatic heterocycles. The molecule has 0 aromatic heterocycles. The molecule has 0 saturated carbocycles. The lowest BCUT2D eigenvalue weighted by Crippen LogP contribution is -2.55. The molecule has 1 aromatic carbocycles. The van der Waals surface area contributed by atoms with E-state index in [9.17, 15) is 0 Å². The van der Waals surface area contributed by atoms with Crippen LogP contribution in [0.2, 0.25) is 0 Å². The average molecular weight is 277 g/mol. The van der Waals surface area contributed by atoms with Crippen molar-refractivity contribution in [3.8, 4) is 0 Å². The molecule has 2 N–H and O–H groups in total. The van der Waals surface area contributed by atoms with E-state index < -0.39 is 0 Å². The number of rotatable bonds is 2. The number of piperidine rings is 1. The number of hydrazine groups is 1. The highest BCUT2D eigenvalue weighted by molar-refractivity contribution is 7.80. The van der Waals surface area contributed by atoms with Gasteiger partial charge in [-0.3, -0.25) is 5.43 Å². The van der Waals surface area contributed by atoms with Crippen LogP contribution in [-0.4, -0.2) is 22.2 Å². The molecular formula is C15H23N3S. The summed E-state index contributed by atoms with van der Waals surface area (Å²) in [6, 6.07) is 9.24. The fourth-order valence-electron chi connectivity index (χ4n) is 2.62. The molecule has 1 aromatic rings. The predicted molar refractivity (Wildman–Crippen MR) is 85.1 cm³/mol. The number of nitrogens with one attached hydrogen (secondary N) is 2. The van der Waals surface area contributed by atoms with Crippen LogP contribution in [0.1, 0.15) is 38.7 Å². The third kappa shape index (κ3) is 3.67. The van der Waals surface area contributed by atoms with Gasteiger partial charge < -0.3 is 5.32 Å². The molecule has 0 spiro atoms. The van der Waals surface area contributed by atoms with E-state index in [0.717, 1.165) is 5.69 Å². The molecule has 1 saturated heterocycles. The summed E-state index contributed by atoms with van der Waals surface area (Å²) in [4.78, 5) is 0. The molecule has 4 heteroatoms. The zero-order chi connectivity index (χ0) is 13.8. The van der Waals surface area contributed by atoms with Crippen LogP contribution in [0, 0.1) is 6.92 Å². The number of aryl methyl sites for hydroxylation is 1. The second kappa shape index (κ2) is 6.35. The van der Waals surface area contributed by atoms with Gasteiger partial charge in [-0.15, -0.1) is 0 Å². The van der Waals surface area contributed by atoms with Crippen molar-refractivity contribution in [2.24, 2.45) is 0 Å². The van der Waals surface area contributed by atoms with Crippen molar-refractivity contribution in [2.75, 3.05) is 5.32 Å². The number of thiocarbonyl (C=S) groups is 1. The van der Waals surface area contributed by atoms with Crippen molar-refractivity contribution in [1.29, 1.82) is 0 Å². The van der Waals surface area contributed by atoms with Gasteiger partial charge in [0.25, 0.3) is 0 Å². The Morgan fingerprint density at radius 1 is 1.21 bits per heavy atom. The standard InChI is InChI=1S/C15H23N3S/c1-11-7-4-5-10-14(11)16-15(19)17-18-12(2)8-6-9-13(18)3/h4-5,7,10,12-13H,6,8-9H2,1-3H3,(H2,16,17,19)/t12-,13-/m1/s1. The van der Waals surface area contributed by atoms with E-state index in [1.165, 1.54) is 24.8 Å². The van der Waals surface area contributed by atoms with E-state index in [0.29, 0.717) is 17.2 Å². The zero-order valence-corrected chi connectivity index (χ0v) is 12.8. The first-order chi connectivity index (χ1) is 9.08. The SMILES string of the molecule is Cc1ccccc1NC(=S)NN1[C@H](C)CCC[C@H]1C. The molecule has 0 amide bonds. The van der Waals surface area contributed by atoms with Crippen molar-refractivity contribution in [2.45, 2.75) is 52.1 Å². The Kier molecular flexibility index (Phi) is 4.77. The summed E-state index contributed by atoms with van der Waals surface area (Å²) in [5.41, 5.74) is 5.62. The smallest absolute Gasteiger partial charge is 0.185 e. The first-order valence-electron chi connectivity index (χ1n) is 6.99. The first-order valence-corrected chi connectivity index (χ1v) is 7.40. The second-order valence-electron chi connectivity index (χ2n) is 5.42. The largest absolute Gasteiger partial charge is 0.331 e. The summed E-state index contributed by atoms with van der Waals surface area (Å²) in [5, 5.41) is 6.23. The van der Waals surface area contributed by atoms with E-state index >= 15 is 0 Å². The van der Waals surface area contributed by atoms with Crippen LogP contribution >= 0.6 is 12.2 Å². The molecular weight excluding hydrogens is 254 g/mol. The summed E-state index contributed by atoms with van der Waals surface area (Å²) in [7, 11) is 0. The van der Waals surface area contributed by atoms with Gasteiger partial charge >= 0.3 is 0 Å². The maximum absolute atomic E-state index is 5.42. The van der Waals surface area contributed by atoms with E-state index in [-0.39, 0.29) is 0 Å². The van der Waals surface area contributed by atoms with Crippen LogP contribution in [0.15, 0.2) is 24.3 Å². The van der Waals surface area contributed by atoms with Gasteiger partial charge in [0.05, 0.1) is 0 Å². The summed E-state index contributed by atoms with van der Waals surface area (Å²) < 4.78 is 0. The van der Waals surface area contributed by atoms with Crippen LogP contribution in [0.4, 0.5) is 5.69 Å². The summed E-state index contributed by atoms with van der Waals surface area (Å²) >= 11 is 5.42. The molecule has 104 valence electrons. The quantitative estimate of drug-likeness (QED) is 0.810. The van der Waals surface area contributed by atoms with Crippen molar-refractivity contribution < 1.29 is 0 Å². The van der Waals surface area contributed by atoms with E-state index in [4.69, 9.17) is 12.2 Å². The maximum atomic E-state index is 5.42. The van der Waals surface area contributed by atoms with Gasteiger partial charge in [0.1, 0.15) is 0 Å². The van der Waals surface area contributed by atoms with E-state index in [1.807, 2.05) is 18.2 Å². The molecule has 0 bridgehead atoms. The van der Waals surface area contributed by atoms with Gasteiger partial charge in [0.15, 0.2) is 5.11 Å². The van der Waals surface area contributed by atoms with Gasteiger partial charge in [-0.1, -0.05) is 24.6 Å². The van der Waals surface area contributed by atoms with Crippen molar-refractivity contribution in [1.82, 2.24) is 10.4 Å². The third-order valence-electron chi connectivity index (χ3n) is 3.82. The number of anilines is 1. The van der Waals surface area contributed by atoms with Gasteiger partial charge in [-0.05, 0) is 57.5 Å². The lowest BCUT2D eigenvalue weighted by Gasteiger charge is -2.39. The molecule has 0 radical (unpaired) electrons. The van der Waals surface area contributed by atoms with Crippen molar-refractivity contribution in [3.63, 3.8) is 0 Å². The van der Waals surface area contributed by atoms with E-state index in [2.05, 4.69) is 42.6 Å². The van der Waals surface area contributed by atoms with Crippen LogP contribution in [0.3, 0.4) is 0 Å². The highest BCUT2D eigenvalue weighted by atomic mass is 32.1. The Morgan fingerprint density at radius 2 is 1.84 bits per heavy atom. The van der Waals surface area contributed by atoms with Crippen molar-refractivity contribution >= 4 is 23.0 Å². The maximum Gasteiger partial charge on any atom is 0.185 e. The van der Waals surface area contributed by atoms with Crippen LogP contribution < -0.4 is 10.7 Å². The van der Waals surface area contributed by atoms with Gasteiger partial charge in [0.2, 0.25) is 0 Å². The van der Waals surface area contributed by atoms with Crippen LogP contribution in [0.5, 0.6) is 0 Å². The molecule has 1 fully saturated rings. The molecule has 3 nitrogen and oxygen atoms in total. The van der Waals surface area contributed by atoms with Gasteiger partial charge in [-0.2, -0.15) is 0 Å². The number of nitrogens with zero attached hydrogens (tertiary/aromatic N) is 1. The topological polar surface area (TPSA) is 27.3 Å². The average Bonchev–Trinajstić information content (AvgIpc) is 2.37. The third-order valence-corrected chi connectivity index (χ3v) is 4.01. The highest BCUT2D eigenvalue weighted by Crippen LogP contribution is 2.20. The minimum Gasteiger partial charge on any atom is -0.331 e. The van der Waals surface area contributed by atoms with Crippen LogP contribution in [0.25, 0.3) is 0 Å². The first kappa shape index (κ1) is 14.3. The Balaban J connectivity index is 1.96. The molecule has 19 heavy (non-hydrogen) atoms. The number of hydrogen-bond acceptors (Lipinski definition) is 2. The number of hydrogen-bond donors (Lipinski definition) is 2. The van der Waals surface area contributed by atoms with E-state index in [1.54, 1.807) is 0 Å². The summed E-state index contributed by atoms with van der Waals surface area (Å²) in [5.74, 6) is 0. The Morgan fingerprint density at radius 3 is 2.47 bits per heavy atom.